The second-order valence-electron chi connectivity index (χ2n) is 3.65. The predicted octanol–water partition coefficient (Wildman–Crippen LogP) is 2.66. The summed E-state index contributed by atoms with van der Waals surface area (Å²) in [5.41, 5.74) is 0.485. The SMILES string of the molecule is CNc1cc(OCC2CC2)ccc1F. The molecule has 0 aromatic heterocycles. The smallest absolute Gasteiger partial charge is 0.146 e. The number of nitrogens with one attached hydrogen (secondary N) is 1. The Morgan fingerprint density at radius 3 is 2.93 bits per heavy atom. The summed E-state index contributed by atoms with van der Waals surface area (Å²) in [6.07, 6.45) is 2.53. The molecule has 3 heteroatoms. The van der Waals surface area contributed by atoms with Gasteiger partial charge in [-0.3, -0.25) is 0 Å². The number of hydrogen-bond donors (Lipinski definition) is 1. The largest absolute Gasteiger partial charge is 0.493 e. The van der Waals surface area contributed by atoms with Crippen molar-refractivity contribution in [3.63, 3.8) is 0 Å². The van der Waals surface area contributed by atoms with E-state index in [2.05, 4.69) is 5.32 Å². The molecular weight excluding hydrogens is 181 g/mol. The first kappa shape index (κ1) is 9.31. The van der Waals surface area contributed by atoms with Gasteiger partial charge in [-0.15, -0.1) is 0 Å². The highest BCUT2D eigenvalue weighted by Gasteiger charge is 2.21. The van der Waals surface area contributed by atoms with E-state index in [0.717, 1.165) is 18.3 Å². The first-order valence-corrected chi connectivity index (χ1v) is 4.89. The Bertz CT molecular complexity index is 323. The Kier molecular flexibility index (Phi) is 2.57. The topological polar surface area (TPSA) is 21.3 Å². The van der Waals surface area contributed by atoms with Gasteiger partial charge < -0.3 is 10.1 Å². The second-order valence-corrected chi connectivity index (χ2v) is 3.65. The molecule has 0 atom stereocenters. The lowest BCUT2D eigenvalue weighted by Gasteiger charge is -2.07. The number of halogens is 1. The van der Waals surface area contributed by atoms with Gasteiger partial charge in [-0.2, -0.15) is 0 Å². The molecule has 0 unspecified atom stereocenters. The molecule has 1 aliphatic rings. The standard InChI is InChI=1S/C11H14FNO/c1-13-11-6-9(4-5-10(11)12)14-7-8-2-3-8/h4-6,8,13H,2-3,7H2,1H3. The summed E-state index contributed by atoms with van der Waals surface area (Å²) in [6, 6.07) is 4.78. The van der Waals surface area contributed by atoms with Gasteiger partial charge in [-0.05, 0) is 30.9 Å². The molecule has 2 nitrogen and oxygen atoms in total. The molecule has 0 aliphatic heterocycles. The van der Waals surface area contributed by atoms with Crippen molar-refractivity contribution in [1.29, 1.82) is 0 Å². The van der Waals surface area contributed by atoms with Crippen LogP contribution in [0.5, 0.6) is 5.75 Å². The number of benzene rings is 1. The van der Waals surface area contributed by atoms with Gasteiger partial charge in [0, 0.05) is 13.1 Å². The summed E-state index contributed by atoms with van der Waals surface area (Å²) in [7, 11) is 1.70. The maximum absolute atomic E-state index is 13.1. The average Bonchev–Trinajstić information content (AvgIpc) is 3.00. The Labute approximate surface area is 83.1 Å². The third-order valence-corrected chi connectivity index (χ3v) is 2.39. The number of ether oxygens (including phenoxy) is 1. The Balaban J connectivity index is 2.01. The predicted molar refractivity (Wildman–Crippen MR) is 54.2 cm³/mol. The molecule has 76 valence electrons. The Hall–Kier alpha value is -1.25. The molecule has 1 aromatic carbocycles. The van der Waals surface area contributed by atoms with Gasteiger partial charge in [-0.25, -0.2) is 4.39 Å². The van der Waals surface area contributed by atoms with Crippen LogP contribution in [-0.4, -0.2) is 13.7 Å². The Morgan fingerprint density at radius 2 is 2.29 bits per heavy atom. The van der Waals surface area contributed by atoms with E-state index in [1.165, 1.54) is 18.9 Å². The normalized spacial score (nSPS) is 15.3. The van der Waals surface area contributed by atoms with E-state index in [4.69, 9.17) is 4.74 Å². The monoisotopic (exact) mass is 195 g/mol. The van der Waals surface area contributed by atoms with Gasteiger partial charge in [0.2, 0.25) is 0 Å². The molecule has 1 fully saturated rings. The molecule has 1 N–H and O–H groups in total. The summed E-state index contributed by atoms with van der Waals surface area (Å²) in [6.45, 7) is 0.759. The van der Waals surface area contributed by atoms with Crippen LogP contribution in [0, 0.1) is 11.7 Å². The van der Waals surface area contributed by atoms with Gasteiger partial charge in [0.05, 0.1) is 12.3 Å². The van der Waals surface area contributed by atoms with Gasteiger partial charge in [-0.1, -0.05) is 0 Å². The van der Waals surface area contributed by atoms with Crippen molar-refractivity contribution in [3.05, 3.63) is 24.0 Å². The summed E-state index contributed by atoms with van der Waals surface area (Å²) >= 11 is 0. The van der Waals surface area contributed by atoms with E-state index >= 15 is 0 Å². The summed E-state index contributed by atoms with van der Waals surface area (Å²) in [5.74, 6) is 1.21. The molecule has 2 rings (SSSR count). The summed E-state index contributed by atoms with van der Waals surface area (Å²) in [5, 5.41) is 2.78. The first-order valence-electron chi connectivity index (χ1n) is 4.89. The molecule has 14 heavy (non-hydrogen) atoms. The van der Waals surface area contributed by atoms with Crippen molar-refractivity contribution < 1.29 is 9.13 Å². The zero-order valence-electron chi connectivity index (χ0n) is 8.22. The van der Waals surface area contributed by atoms with Crippen LogP contribution in [-0.2, 0) is 0 Å². The van der Waals surface area contributed by atoms with Gasteiger partial charge in [0.25, 0.3) is 0 Å². The highest BCUT2D eigenvalue weighted by Crippen LogP contribution is 2.30. The quantitative estimate of drug-likeness (QED) is 0.797. The number of hydrogen-bond acceptors (Lipinski definition) is 2. The third-order valence-electron chi connectivity index (χ3n) is 2.39. The third kappa shape index (κ3) is 2.16. The fraction of sp³-hybridized carbons (Fsp3) is 0.455. The van der Waals surface area contributed by atoms with Gasteiger partial charge >= 0.3 is 0 Å². The molecule has 0 amide bonds. The zero-order chi connectivity index (χ0) is 9.97. The molecule has 0 bridgehead atoms. The van der Waals surface area contributed by atoms with Crippen molar-refractivity contribution in [3.8, 4) is 5.75 Å². The van der Waals surface area contributed by atoms with Crippen LogP contribution < -0.4 is 10.1 Å². The molecule has 0 radical (unpaired) electrons. The fourth-order valence-corrected chi connectivity index (χ4v) is 1.28. The van der Waals surface area contributed by atoms with E-state index in [9.17, 15) is 4.39 Å². The highest BCUT2D eigenvalue weighted by molar-refractivity contribution is 5.49. The van der Waals surface area contributed by atoms with Crippen molar-refractivity contribution in [1.82, 2.24) is 0 Å². The first-order chi connectivity index (χ1) is 6.79. The fourth-order valence-electron chi connectivity index (χ4n) is 1.28. The van der Waals surface area contributed by atoms with E-state index in [1.807, 2.05) is 0 Å². The van der Waals surface area contributed by atoms with E-state index in [0.29, 0.717) is 5.69 Å². The number of anilines is 1. The van der Waals surface area contributed by atoms with E-state index in [-0.39, 0.29) is 5.82 Å². The average molecular weight is 195 g/mol. The van der Waals surface area contributed by atoms with Crippen LogP contribution in [0.2, 0.25) is 0 Å². The maximum atomic E-state index is 13.1. The van der Waals surface area contributed by atoms with Crippen LogP contribution in [0.3, 0.4) is 0 Å². The molecule has 1 aliphatic carbocycles. The van der Waals surface area contributed by atoms with Crippen LogP contribution in [0.4, 0.5) is 10.1 Å². The lowest BCUT2D eigenvalue weighted by molar-refractivity contribution is 0.299. The molecule has 0 heterocycles. The van der Waals surface area contributed by atoms with Crippen LogP contribution in [0.15, 0.2) is 18.2 Å². The molecule has 1 aromatic rings. The molecule has 0 spiro atoms. The van der Waals surface area contributed by atoms with Crippen LogP contribution in [0.1, 0.15) is 12.8 Å². The molecule has 1 saturated carbocycles. The van der Waals surface area contributed by atoms with Crippen LogP contribution in [0.25, 0.3) is 0 Å². The number of rotatable bonds is 4. The van der Waals surface area contributed by atoms with Crippen LogP contribution >= 0.6 is 0 Å². The van der Waals surface area contributed by atoms with Crippen molar-refractivity contribution in [2.75, 3.05) is 19.0 Å². The van der Waals surface area contributed by atoms with E-state index < -0.39 is 0 Å². The summed E-state index contributed by atoms with van der Waals surface area (Å²) < 4.78 is 18.6. The lowest BCUT2D eigenvalue weighted by atomic mass is 10.3. The summed E-state index contributed by atoms with van der Waals surface area (Å²) in [4.78, 5) is 0. The minimum absolute atomic E-state index is 0.244. The van der Waals surface area contributed by atoms with Gasteiger partial charge in [0.15, 0.2) is 0 Å². The lowest BCUT2D eigenvalue weighted by Crippen LogP contribution is -2.00. The van der Waals surface area contributed by atoms with Crippen molar-refractivity contribution >= 4 is 5.69 Å². The zero-order valence-corrected chi connectivity index (χ0v) is 8.22. The Morgan fingerprint density at radius 1 is 1.50 bits per heavy atom. The minimum atomic E-state index is -0.244. The highest BCUT2D eigenvalue weighted by atomic mass is 19.1. The van der Waals surface area contributed by atoms with Crippen molar-refractivity contribution in [2.24, 2.45) is 5.92 Å². The second kappa shape index (κ2) is 3.86. The van der Waals surface area contributed by atoms with Gasteiger partial charge in [0.1, 0.15) is 11.6 Å². The van der Waals surface area contributed by atoms with E-state index in [1.54, 1.807) is 19.2 Å². The molecule has 0 saturated heterocycles. The minimum Gasteiger partial charge on any atom is -0.493 e. The molecular formula is C11H14FNO. The van der Waals surface area contributed by atoms with Crippen molar-refractivity contribution in [2.45, 2.75) is 12.8 Å². The maximum Gasteiger partial charge on any atom is 0.146 e.